The molecule has 22 heavy (non-hydrogen) atoms. The number of nitrogens with zero attached hydrogens (tertiary/aromatic N) is 4. The molecule has 0 unspecified atom stereocenters. The minimum absolute atomic E-state index is 0.234. The molecule has 3 heterocycles. The van der Waals surface area contributed by atoms with E-state index in [0.717, 1.165) is 5.69 Å². The number of hydrogen-bond acceptors (Lipinski definition) is 4. The number of nitrogens with one attached hydrogen (secondary N) is 1. The van der Waals surface area contributed by atoms with Crippen molar-refractivity contribution in [1.29, 1.82) is 0 Å². The van der Waals surface area contributed by atoms with Gasteiger partial charge in [0.25, 0.3) is 5.56 Å². The van der Waals surface area contributed by atoms with Gasteiger partial charge >= 0.3 is 6.18 Å². The summed E-state index contributed by atoms with van der Waals surface area (Å²) < 4.78 is 39.7. The molecule has 118 valence electrons. The van der Waals surface area contributed by atoms with Crippen molar-refractivity contribution in [3.63, 3.8) is 0 Å². The standard InChI is InChI=1S/C13H14F3N5O/c1-20-8(2-4-17-20)6-21-5-3-10-9(7-21)11(22)19-12(18-10)13(14,15)16/h2,4H,3,5-7H2,1H3,(H,18,19,22). The Morgan fingerprint density at radius 2 is 2.18 bits per heavy atom. The van der Waals surface area contributed by atoms with Crippen molar-refractivity contribution in [2.24, 2.45) is 7.05 Å². The molecule has 9 heteroatoms. The van der Waals surface area contributed by atoms with Crippen molar-refractivity contribution >= 4 is 0 Å². The van der Waals surface area contributed by atoms with Gasteiger partial charge in [-0.05, 0) is 6.07 Å². The molecule has 1 N–H and O–H groups in total. The molecule has 6 nitrogen and oxygen atoms in total. The summed E-state index contributed by atoms with van der Waals surface area (Å²) in [7, 11) is 1.82. The maximum atomic E-state index is 12.7. The quantitative estimate of drug-likeness (QED) is 0.901. The van der Waals surface area contributed by atoms with E-state index in [1.54, 1.807) is 10.9 Å². The number of aromatic amines is 1. The second-order valence-corrected chi connectivity index (χ2v) is 5.24. The zero-order valence-corrected chi connectivity index (χ0v) is 11.8. The molecule has 0 aliphatic carbocycles. The minimum atomic E-state index is -4.64. The second-order valence-electron chi connectivity index (χ2n) is 5.24. The van der Waals surface area contributed by atoms with Gasteiger partial charge in [-0.2, -0.15) is 18.3 Å². The van der Waals surface area contributed by atoms with Gasteiger partial charge in [0.1, 0.15) is 0 Å². The van der Waals surface area contributed by atoms with Crippen LogP contribution in [-0.2, 0) is 32.7 Å². The molecule has 1 aliphatic heterocycles. The minimum Gasteiger partial charge on any atom is -0.303 e. The van der Waals surface area contributed by atoms with E-state index in [1.807, 2.05) is 23.0 Å². The molecule has 0 bridgehead atoms. The van der Waals surface area contributed by atoms with Crippen molar-refractivity contribution in [3.05, 3.63) is 45.4 Å². The fourth-order valence-electron chi connectivity index (χ4n) is 2.54. The van der Waals surface area contributed by atoms with Gasteiger partial charge in [-0.1, -0.05) is 0 Å². The smallest absolute Gasteiger partial charge is 0.303 e. The largest absolute Gasteiger partial charge is 0.449 e. The Hall–Kier alpha value is -2.16. The Bertz CT molecular complexity index is 749. The van der Waals surface area contributed by atoms with Crippen LogP contribution in [0.15, 0.2) is 17.1 Å². The van der Waals surface area contributed by atoms with E-state index < -0.39 is 17.6 Å². The fraction of sp³-hybridized carbons (Fsp3) is 0.462. The molecule has 2 aromatic rings. The average molecular weight is 313 g/mol. The van der Waals surface area contributed by atoms with Crippen molar-refractivity contribution in [2.75, 3.05) is 6.54 Å². The lowest BCUT2D eigenvalue weighted by Gasteiger charge is -2.27. The number of fused-ring (bicyclic) bond motifs is 1. The summed E-state index contributed by atoms with van der Waals surface area (Å²) in [4.78, 5) is 19.3. The van der Waals surface area contributed by atoms with E-state index in [0.29, 0.717) is 25.1 Å². The zero-order chi connectivity index (χ0) is 15.9. The van der Waals surface area contributed by atoms with Crippen LogP contribution in [0.5, 0.6) is 0 Å². The Balaban J connectivity index is 1.85. The van der Waals surface area contributed by atoms with E-state index >= 15 is 0 Å². The van der Waals surface area contributed by atoms with E-state index in [1.165, 1.54) is 0 Å². The number of hydrogen-bond donors (Lipinski definition) is 1. The fourth-order valence-corrected chi connectivity index (χ4v) is 2.54. The number of rotatable bonds is 2. The highest BCUT2D eigenvalue weighted by Gasteiger charge is 2.35. The molecule has 0 amide bonds. The average Bonchev–Trinajstić information content (AvgIpc) is 2.84. The lowest BCUT2D eigenvalue weighted by molar-refractivity contribution is -0.145. The summed E-state index contributed by atoms with van der Waals surface area (Å²) >= 11 is 0. The number of aromatic nitrogens is 4. The Kier molecular flexibility index (Phi) is 3.51. The highest BCUT2D eigenvalue weighted by molar-refractivity contribution is 5.21. The third kappa shape index (κ3) is 2.76. The SMILES string of the molecule is Cn1nccc1CN1CCc2nc(C(F)(F)F)[nH]c(=O)c2C1. The van der Waals surface area contributed by atoms with Crippen LogP contribution >= 0.6 is 0 Å². The van der Waals surface area contributed by atoms with Gasteiger partial charge in [-0.15, -0.1) is 0 Å². The third-order valence-electron chi connectivity index (χ3n) is 3.72. The van der Waals surface area contributed by atoms with Crippen molar-refractivity contribution in [1.82, 2.24) is 24.6 Å². The molecule has 0 saturated carbocycles. The van der Waals surface area contributed by atoms with Gasteiger partial charge in [0, 0.05) is 39.3 Å². The van der Waals surface area contributed by atoms with E-state index in [9.17, 15) is 18.0 Å². The van der Waals surface area contributed by atoms with E-state index in [-0.39, 0.29) is 12.2 Å². The number of aryl methyl sites for hydroxylation is 1. The molecule has 0 atom stereocenters. The number of alkyl halides is 3. The Morgan fingerprint density at radius 1 is 1.41 bits per heavy atom. The number of H-pyrrole nitrogens is 1. The summed E-state index contributed by atoms with van der Waals surface area (Å²) in [5.74, 6) is -1.23. The van der Waals surface area contributed by atoms with Crippen molar-refractivity contribution < 1.29 is 13.2 Å². The Labute approximate surface area is 123 Å². The first kappa shape index (κ1) is 14.8. The predicted octanol–water partition coefficient (Wildman–Crippen LogP) is 1.08. The monoisotopic (exact) mass is 313 g/mol. The highest BCUT2D eigenvalue weighted by atomic mass is 19.4. The summed E-state index contributed by atoms with van der Waals surface area (Å²) in [6, 6.07) is 1.87. The lowest BCUT2D eigenvalue weighted by atomic mass is 10.1. The molecule has 1 aliphatic rings. The van der Waals surface area contributed by atoms with Gasteiger partial charge in [0.2, 0.25) is 5.82 Å². The zero-order valence-electron chi connectivity index (χ0n) is 11.8. The van der Waals surface area contributed by atoms with Crippen LogP contribution in [0.4, 0.5) is 13.2 Å². The first-order valence-corrected chi connectivity index (χ1v) is 6.73. The van der Waals surface area contributed by atoms with Crippen LogP contribution in [-0.4, -0.2) is 31.2 Å². The highest BCUT2D eigenvalue weighted by Crippen LogP contribution is 2.26. The van der Waals surface area contributed by atoms with Gasteiger partial charge in [-0.25, -0.2) is 4.98 Å². The van der Waals surface area contributed by atoms with Gasteiger partial charge in [0.15, 0.2) is 0 Å². The number of halogens is 3. The molecule has 0 fully saturated rings. The normalized spacial score (nSPS) is 15.8. The van der Waals surface area contributed by atoms with Gasteiger partial charge in [-0.3, -0.25) is 14.4 Å². The van der Waals surface area contributed by atoms with E-state index in [2.05, 4.69) is 10.1 Å². The van der Waals surface area contributed by atoms with Gasteiger partial charge < -0.3 is 4.98 Å². The van der Waals surface area contributed by atoms with Gasteiger partial charge in [0.05, 0.1) is 17.0 Å². The molecular formula is C13H14F3N5O. The molecule has 0 spiro atoms. The molecule has 3 rings (SSSR count). The molecule has 2 aromatic heterocycles. The first-order valence-electron chi connectivity index (χ1n) is 6.73. The summed E-state index contributed by atoms with van der Waals surface area (Å²) in [5, 5.41) is 4.07. The van der Waals surface area contributed by atoms with Crippen LogP contribution in [0.2, 0.25) is 0 Å². The van der Waals surface area contributed by atoms with Crippen LogP contribution in [0.1, 0.15) is 22.8 Å². The lowest BCUT2D eigenvalue weighted by Crippen LogP contribution is -2.37. The Morgan fingerprint density at radius 3 is 2.82 bits per heavy atom. The first-order chi connectivity index (χ1) is 10.3. The van der Waals surface area contributed by atoms with E-state index in [4.69, 9.17) is 0 Å². The molecule has 0 aromatic carbocycles. The maximum Gasteiger partial charge on any atom is 0.449 e. The summed E-state index contributed by atoms with van der Waals surface area (Å²) in [6.07, 6.45) is -2.64. The van der Waals surface area contributed by atoms with Crippen molar-refractivity contribution in [3.8, 4) is 0 Å². The summed E-state index contributed by atoms with van der Waals surface area (Å²) in [5.41, 5.74) is 0.797. The maximum absolute atomic E-state index is 12.7. The topological polar surface area (TPSA) is 66.8 Å². The van der Waals surface area contributed by atoms with Crippen LogP contribution in [0.25, 0.3) is 0 Å². The predicted molar refractivity (Wildman–Crippen MR) is 70.9 cm³/mol. The van der Waals surface area contributed by atoms with Crippen LogP contribution in [0, 0.1) is 0 Å². The van der Waals surface area contributed by atoms with Crippen molar-refractivity contribution in [2.45, 2.75) is 25.7 Å². The summed E-state index contributed by atoms with van der Waals surface area (Å²) in [6.45, 7) is 1.41. The molecule has 0 saturated heterocycles. The second kappa shape index (κ2) is 5.24. The molecular weight excluding hydrogens is 299 g/mol. The van der Waals surface area contributed by atoms with Crippen LogP contribution in [0.3, 0.4) is 0 Å². The molecule has 0 radical (unpaired) electrons. The third-order valence-corrected chi connectivity index (χ3v) is 3.72. The van der Waals surface area contributed by atoms with Crippen LogP contribution < -0.4 is 5.56 Å².